The number of halogens is 3. The Kier molecular flexibility index (Phi) is 11.4. The van der Waals surface area contributed by atoms with Crippen molar-refractivity contribution in [3.63, 3.8) is 0 Å². The van der Waals surface area contributed by atoms with Gasteiger partial charge in [-0.25, -0.2) is 0 Å². The lowest BCUT2D eigenvalue weighted by atomic mass is 9.92. The smallest absolute Gasteiger partial charge is 0.307 e. The normalized spacial score (nSPS) is 11.2. The molecule has 78 heavy (non-hydrogen) atoms. The molecule has 0 fully saturated rings. The number of rotatable bonds is 7. The van der Waals surface area contributed by atoms with E-state index in [9.17, 15) is 31.6 Å². The van der Waals surface area contributed by atoms with Gasteiger partial charge >= 0.3 is 6.18 Å². The van der Waals surface area contributed by atoms with E-state index in [1.165, 1.54) is 12.1 Å². The largest absolute Gasteiger partial charge is 0.417 e. The van der Waals surface area contributed by atoms with Crippen LogP contribution in [0.5, 0.6) is 0 Å². The monoisotopic (exact) mass is 1010 g/mol. The zero-order chi connectivity index (χ0) is 53.8. The van der Waals surface area contributed by atoms with Crippen LogP contribution in [0.1, 0.15) is 38.9 Å². The van der Waals surface area contributed by atoms with Crippen LogP contribution in [0.15, 0.2) is 200 Å². The number of benzene rings is 10. The van der Waals surface area contributed by atoms with Crippen molar-refractivity contribution in [3.8, 4) is 103 Å². The second-order valence-corrected chi connectivity index (χ2v) is 18.6. The number of alkyl halides is 3. The maximum atomic E-state index is 15.3. The molecule has 0 saturated carbocycles. The molecule has 2 heterocycles. The lowest BCUT2D eigenvalue weighted by Gasteiger charge is -2.21. The lowest BCUT2D eigenvalue weighted by molar-refractivity contribution is -0.137. The highest BCUT2D eigenvalue weighted by atomic mass is 19.4. The summed E-state index contributed by atoms with van der Waals surface area (Å²) in [5.74, 6) is 0. The van der Waals surface area contributed by atoms with Gasteiger partial charge in [-0.3, -0.25) is 0 Å². The summed E-state index contributed by atoms with van der Waals surface area (Å²) in [4.78, 5) is 0. The molecular formula is C67H33F3N8. The fourth-order valence-corrected chi connectivity index (χ4v) is 10.9. The van der Waals surface area contributed by atoms with Gasteiger partial charge in [0.1, 0.15) is 0 Å². The Morgan fingerprint density at radius 2 is 0.628 bits per heavy atom. The highest BCUT2D eigenvalue weighted by Crippen LogP contribution is 2.46. The molecule has 0 N–H and O–H groups in total. The van der Waals surface area contributed by atoms with E-state index in [-0.39, 0.29) is 22.3 Å². The summed E-state index contributed by atoms with van der Waals surface area (Å²) >= 11 is 0. The Hall–Kier alpha value is -11.5. The molecule has 0 saturated heterocycles. The van der Waals surface area contributed by atoms with Gasteiger partial charge in [-0.2, -0.15) is 44.7 Å². The highest BCUT2D eigenvalue weighted by Gasteiger charge is 2.35. The molecule has 0 bridgehead atoms. The standard InChI is InChI=1S/C67H33F3N8/c68-67(69,70)60-27-40(34-71)17-22-54(60)55-33-66(78-63-25-20-43(52-15-7-3-11-47(52)37-74)30-58(63)59-31-44(21-26-64(59)78)53-16-8-4-12-48(53)38-75)65(32-49(55)39-76)77-61-23-18-41(50-13-5-1-9-45(50)35-72)28-56(61)57-29-42(19-24-62(57)77)51-14-6-2-10-46(51)36-73/h1-33H. The zero-order valence-corrected chi connectivity index (χ0v) is 40.8. The zero-order valence-electron chi connectivity index (χ0n) is 40.8. The van der Waals surface area contributed by atoms with Crippen LogP contribution in [0.4, 0.5) is 13.2 Å². The van der Waals surface area contributed by atoms with E-state index in [2.05, 4.69) is 30.3 Å². The van der Waals surface area contributed by atoms with Crippen molar-refractivity contribution in [2.45, 2.75) is 6.18 Å². The average Bonchev–Trinajstić information content (AvgIpc) is 4.22. The summed E-state index contributed by atoms with van der Waals surface area (Å²) in [6.07, 6.45) is -4.93. The number of hydrogen-bond donors (Lipinski definition) is 0. The van der Waals surface area contributed by atoms with E-state index in [4.69, 9.17) is 0 Å². The summed E-state index contributed by atoms with van der Waals surface area (Å²) < 4.78 is 49.9. The minimum absolute atomic E-state index is 0.0336. The van der Waals surface area contributed by atoms with Crippen molar-refractivity contribution in [2.24, 2.45) is 0 Å². The minimum atomic E-state index is -4.93. The Morgan fingerprint density at radius 1 is 0.295 bits per heavy atom. The fourth-order valence-electron chi connectivity index (χ4n) is 10.9. The van der Waals surface area contributed by atoms with Crippen LogP contribution in [-0.4, -0.2) is 9.13 Å². The molecule has 0 aliphatic heterocycles. The van der Waals surface area contributed by atoms with Crippen molar-refractivity contribution < 1.29 is 13.2 Å². The third-order valence-electron chi connectivity index (χ3n) is 14.4. The number of fused-ring (bicyclic) bond motifs is 6. The van der Waals surface area contributed by atoms with Gasteiger partial charge in [-0.1, -0.05) is 103 Å². The second-order valence-electron chi connectivity index (χ2n) is 18.6. The maximum absolute atomic E-state index is 15.3. The van der Waals surface area contributed by atoms with Crippen molar-refractivity contribution in [1.82, 2.24) is 9.13 Å². The quantitative estimate of drug-likeness (QED) is 0.155. The average molecular weight is 1010 g/mol. The predicted molar refractivity (Wildman–Crippen MR) is 296 cm³/mol. The molecule has 0 unspecified atom stereocenters. The number of nitrogens with zero attached hydrogens (tertiary/aromatic N) is 8. The molecule has 0 aliphatic carbocycles. The van der Waals surface area contributed by atoms with Crippen LogP contribution < -0.4 is 0 Å². The molecule has 362 valence electrons. The molecule has 0 atom stereocenters. The summed E-state index contributed by atoms with van der Waals surface area (Å²) in [6.45, 7) is 0. The first-order chi connectivity index (χ1) is 38.0. The van der Waals surface area contributed by atoms with Crippen molar-refractivity contribution >= 4 is 43.6 Å². The van der Waals surface area contributed by atoms with E-state index >= 15 is 13.2 Å². The lowest BCUT2D eigenvalue weighted by Crippen LogP contribution is -2.10. The first-order valence-electron chi connectivity index (χ1n) is 24.4. The van der Waals surface area contributed by atoms with Gasteiger partial charge in [0.25, 0.3) is 0 Å². The molecule has 0 amide bonds. The molecular weight excluding hydrogens is 974 g/mol. The van der Waals surface area contributed by atoms with Gasteiger partial charge in [0.05, 0.1) is 109 Å². The van der Waals surface area contributed by atoms with Gasteiger partial charge in [0, 0.05) is 27.1 Å². The summed E-state index contributed by atoms with van der Waals surface area (Å²) in [6, 6.07) is 72.2. The maximum Gasteiger partial charge on any atom is 0.417 e. The number of nitriles is 6. The fraction of sp³-hybridized carbons (Fsp3) is 0.0149. The summed E-state index contributed by atoms with van der Waals surface area (Å²) in [7, 11) is 0. The van der Waals surface area contributed by atoms with Gasteiger partial charge in [0.2, 0.25) is 0 Å². The van der Waals surface area contributed by atoms with Crippen LogP contribution in [0.2, 0.25) is 0 Å². The van der Waals surface area contributed by atoms with Gasteiger partial charge in [-0.15, -0.1) is 0 Å². The van der Waals surface area contributed by atoms with Gasteiger partial charge in [0.15, 0.2) is 0 Å². The Labute approximate surface area is 444 Å². The van der Waals surface area contributed by atoms with Gasteiger partial charge in [-0.05, 0) is 147 Å². The van der Waals surface area contributed by atoms with Gasteiger partial charge < -0.3 is 9.13 Å². The first kappa shape index (κ1) is 47.5. The second kappa shape index (κ2) is 18.8. The molecule has 0 radical (unpaired) electrons. The first-order valence-corrected chi connectivity index (χ1v) is 24.4. The van der Waals surface area contributed by atoms with E-state index in [0.29, 0.717) is 77.9 Å². The predicted octanol–water partition coefficient (Wildman–Crippen LogP) is 16.5. The molecule has 12 aromatic rings. The Morgan fingerprint density at radius 3 is 0.949 bits per heavy atom. The van der Waals surface area contributed by atoms with Crippen molar-refractivity contribution in [3.05, 3.63) is 239 Å². The number of hydrogen-bond acceptors (Lipinski definition) is 6. The molecule has 0 spiro atoms. The molecule has 8 nitrogen and oxygen atoms in total. The highest BCUT2D eigenvalue weighted by molar-refractivity contribution is 6.14. The van der Waals surface area contributed by atoms with Crippen molar-refractivity contribution in [1.29, 1.82) is 31.6 Å². The molecule has 11 heteroatoms. The van der Waals surface area contributed by atoms with E-state index in [0.717, 1.165) is 49.9 Å². The van der Waals surface area contributed by atoms with E-state index in [1.807, 2.05) is 137 Å². The Bertz CT molecular complexity index is 4590. The molecule has 12 rings (SSSR count). The minimum Gasteiger partial charge on any atom is -0.307 e. The topological polar surface area (TPSA) is 153 Å². The SMILES string of the molecule is N#Cc1ccc(-c2cc(-n3c4ccc(-c5ccccc5C#N)cc4c4cc(-c5ccccc5C#N)ccc43)c(-n3c4ccc(-c5ccccc5C#N)cc4c4cc(-c5ccccc5C#N)ccc43)cc2C#N)c(C(F)(F)F)c1. The van der Waals surface area contributed by atoms with Crippen LogP contribution in [0.3, 0.4) is 0 Å². The van der Waals surface area contributed by atoms with E-state index in [1.54, 1.807) is 60.7 Å². The summed E-state index contributed by atoms with van der Waals surface area (Å²) in [5.41, 5.74) is 9.27. The number of aromatic nitrogens is 2. The molecule has 2 aromatic heterocycles. The van der Waals surface area contributed by atoms with E-state index < -0.39 is 11.7 Å². The van der Waals surface area contributed by atoms with Crippen LogP contribution in [0.25, 0.3) is 111 Å². The van der Waals surface area contributed by atoms with Crippen molar-refractivity contribution in [2.75, 3.05) is 0 Å². The van der Waals surface area contributed by atoms with Crippen LogP contribution in [0, 0.1) is 68.0 Å². The third-order valence-corrected chi connectivity index (χ3v) is 14.4. The molecule has 10 aromatic carbocycles. The van der Waals surface area contributed by atoms with Crippen LogP contribution in [-0.2, 0) is 6.18 Å². The summed E-state index contributed by atoms with van der Waals surface area (Å²) in [5, 5.41) is 64.8. The Balaban J connectivity index is 1.24. The molecule has 0 aliphatic rings. The third kappa shape index (κ3) is 7.73. The van der Waals surface area contributed by atoms with Crippen LogP contribution >= 0.6 is 0 Å².